The van der Waals surface area contributed by atoms with Crippen molar-refractivity contribution in [3.8, 4) is 0 Å². The molecule has 0 saturated heterocycles. The lowest BCUT2D eigenvalue weighted by Gasteiger charge is -2.20. The van der Waals surface area contributed by atoms with Gasteiger partial charge in [-0.25, -0.2) is 4.98 Å². The van der Waals surface area contributed by atoms with Crippen molar-refractivity contribution in [2.45, 2.75) is 6.92 Å². The SMILES string of the molecule is CC(=O)N(c1ccc2ccncc2c1)c1cc([N+](=O)[O-])ccn1. The third-order valence-electron chi connectivity index (χ3n) is 3.37. The van der Waals surface area contributed by atoms with Crippen molar-refractivity contribution < 1.29 is 9.72 Å². The van der Waals surface area contributed by atoms with Gasteiger partial charge in [0, 0.05) is 37.0 Å². The molecule has 0 atom stereocenters. The Hall–Kier alpha value is -3.35. The van der Waals surface area contributed by atoms with Crippen molar-refractivity contribution in [1.82, 2.24) is 9.97 Å². The molecule has 23 heavy (non-hydrogen) atoms. The molecule has 0 spiro atoms. The predicted octanol–water partition coefficient (Wildman–Crippen LogP) is 3.22. The van der Waals surface area contributed by atoms with Crippen LogP contribution in [-0.2, 0) is 4.79 Å². The average molecular weight is 308 g/mol. The van der Waals surface area contributed by atoms with E-state index in [1.807, 2.05) is 12.1 Å². The Morgan fingerprint density at radius 1 is 1.13 bits per heavy atom. The Balaban J connectivity index is 2.12. The summed E-state index contributed by atoms with van der Waals surface area (Å²) in [5, 5.41) is 12.8. The van der Waals surface area contributed by atoms with E-state index in [2.05, 4.69) is 9.97 Å². The smallest absolute Gasteiger partial charge is 0.274 e. The van der Waals surface area contributed by atoms with E-state index >= 15 is 0 Å². The molecule has 1 amide bonds. The van der Waals surface area contributed by atoms with Crippen molar-refractivity contribution in [3.63, 3.8) is 0 Å². The number of anilines is 2. The zero-order chi connectivity index (χ0) is 16.4. The van der Waals surface area contributed by atoms with Crippen molar-refractivity contribution in [3.05, 3.63) is 65.1 Å². The zero-order valence-electron chi connectivity index (χ0n) is 12.2. The summed E-state index contributed by atoms with van der Waals surface area (Å²) in [4.78, 5) is 31.9. The van der Waals surface area contributed by atoms with Gasteiger partial charge in [0.25, 0.3) is 5.69 Å². The van der Waals surface area contributed by atoms with Gasteiger partial charge >= 0.3 is 0 Å². The average Bonchev–Trinajstić information content (AvgIpc) is 2.55. The second-order valence-electron chi connectivity index (χ2n) is 4.89. The highest BCUT2D eigenvalue weighted by Gasteiger charge is 2.18. The van der Waals surface area contributed by atoms with Gasteiger partial charge in [0.2, 0.25) is 5.91 Å². The zero-order valence-corrected chi connectivity index (χ0v) is 12.2. The number of carbonyl (C=O) groups excluding carboxylic acids is 1. The van der Waals surface area contributed by atoms with Crippen LogP contribution in [0.2, 0.25) is 0 Å². The molecule has 0 N–H and O–H groups in total. The van der Waals surface area contributed by atoms with Crippen molar-refractivity contribution in [1.29, 1.82) is 0 Å². The van der Waals surface area contributed by atoms with Crippen molar-refractivity contribution in [2.24, 2.45) is 0 Å². The van der Waals surface area contributed by atoms with Crippen LogP contribution in [-0.4, -0.2) is 20.8 Å². The number of aromatic nitrogens is 2. The fourth-order valence-electron chi connectivity index (χ4n) is 2.33. The number of hydrogen-bond acceptors (Lipinski definition) is 5. The van der Waals surface area contributed by atoms with E-state index in [1.165, 1.54) is 30.2 Å². The molecule has 2 aromatic heterocycles. The first-order valence-electron chi connectivity index (χ1n) is 6.81. The van der Waals surface area contributed by atoms with Crippen LogP contribution in [0.3, 0.4) is 0 Å². The fraction of sp³-hybridized carbons (Fsp3) is 0.0625. The second-order valence-corrected chi connectivity index (χ2v) is 4.89. The third kappa shape index (κ3) is 2.84. The molecule has 0 aliphatic heterocycles. The van der Waals surface area contributed by atoms with Gasteiger partial charge in [-0.2, -0.15) is 0 Å². The minimum absolute atomic E-state index is 0.122. The number of nitro groups is 1. The largest absolute Gasteiger partial charge is 0.274 e. The number of carbonyl (C=O) groups is 1. The molecule has 0 bridgehead atoms. The van der Waals surface area contributed by atoms with Crippen LogP contribution in [0.1, 0.15) is 6.92 Å². The number of fused-ring (bicyclic) bond motifs is 1. The van der Waals surface area contributed by atoms with Gasteiger partial charge in [-0.15, -0.1) is 0 Å². The summed E-state index contributed by atoms with van der Waals surface area (Å²) < 4.78 is 0. The molecule has 0 fully saturated rings. The van der Waals surface area contributed by atoms with Gasteiger partial charge in [-0.1, -0.05) is 6.07 Å². The van der Waals surface area contributed by atoms with E-state index in [4.69, 9.17) is 0 Å². The standard InChI is InChI=1S/C16H12N4O3/c1-11(21)19(16-9-15(20(22)23)5-7-18-16)14-3-2-12-4-6-17-10-13(12)8-14/h2-10H,1H3. The molecular formula is C16H12N4O3. The number of hydrogen-bond donors (Lipinski definition) is 0. The molecular weight excluding hydrogens is 296 g/mol. The predicted molar refractivity (Wildman–Crippen MR) is 85.5 cm³/mol. The van der Waals surface area contributed by atoms with E-state index in [0.29, 0.717) is 5.69 Å². The first-order chi connectivity index (χ1) is 11.1. The minimum Gasteiger partial charge on any atom is -0.274 e. The maximum absolute atomic E-state index is 12.1. The molecule has 3 rings (SSSR count). The Labute approximate surface area is 131 Å². The van der Waals surface area contributed by atoms with E-state index in [9.17, 15) is 14.9 Å². The van der Waals surface area contributed by atoms with E-state index in [1.54, 1.807) is 24.5 Å². The summed E-state index contributed by atoms with van der Waals surface area (Å²) in [6, 6.07) is 9.85. The topological polar surface area (TPSA) is 89.2 Å². The molecule has 0 saturated carbocycles. The lowest BCUT2D eigenvalue weighted by Crippen LogP contribution is -2.23. The van der Waals surface area contributed by atoms with Gasteiger partial charge in [0.05, 0.1) is 16.7 Å². The van der Waals surface area contributed by atoms with Gasteiger partial charge in [0.1, 0.15) is 5.82 Å². The van der Waals surface area contributed by atoms with Crippen LogP contribution >= 0.6 is 0 Å². The summed E-state index contributed by atoms with van der Waals surface area (Å²) in [7, 11) is 0. The monoisotopic (exact) mass is 308 g/mol. The van der Waals surface area contributed by atoms with Crippen LogP contribution < -0.4 is 4.90 Å². The number of benzene rings is 1. The van der Waals surface area contributed by atoms with Crippen LogP contribution in [0.15, 0.2) is 55.0 Å². The molecule has 7 heteroatoms. The molecule has 0 aliphatic carbocycles. The molecule has 7 nitrogen and oxygen atoms in total. The fourth-order valence-corrected chi connectivity index (χ4v) is 2.33. The molecule has 0 unspecified atom stereocenters. The Morgan fingerprint density at radius 3 is 2.70 bits per heavy atom. The van der Waals surface area contributed by atoms with Crippen LogP contribution in [0.5, 0.6) is 0 Å². The molecule has 0 aliphatic rings. The van der Waals surface area contributed by atoms with Gasteiger partial charge in [-0.05, 0) is 23.6 Å². The molecule has 0 radical (unpaired) electrons. The number of rotatable bonds is 3. The summed E-state index contributed by atoms with van der Waals surface area (Å²) >= 11 is 0. The number of nitrogens with zero attached hydrogens (tertiary/aromatic N) is 4. The number of pyridine rings is 2. The summed E-state index contributed by atoms with van der Waals surface area (Å²) in [5.74, 6) is -0.0869. The number of amides is 1. The van der Waals surface area contributed by atoms with Crippen molar-refractivity contribution in [2.75, 3.05) is 4.90 Å². The maximum atomic E-state index is 12.1. The summed E-state index contributed by atoms with van der Waals surface area (Å²) in [5.41, 5.74) is 0.453. The van der Waals surface area contributed by atoms with E-state index in [-0.39, 0.29) is 17.4 Å². The molecule has 114 valence electrons. The Morgan fingerprint density at radius 2 is 1.96 bits per heavy atom. The lowest BCUT2D eigenvalue weighted by molar-refractivity contribution is -0.384. The highest BCUT2D eigenvalue weighted by Crippen LogP contribution is 2.29. The molecule has 3 aromatic rings. The van der Waals surface area contributed by atoms with Crippen molar-refractivity contribution >= 4 is 33.9 Å². The lowest BCUT2D eigenvalue weighted by atomic mass is 10.1. The molecule has 2 heterocycles. The van der Waals surface area contributed by atoms with Crippen LogP contribution in [0, 0.1) is 10.1 Å². The summed E-state index contributed by atoms with van der Waals surface area (Å²) in [6.07, 6.45) is 4.69. The Bertz CT molecular complexity index is 910. The molecule has 1 aromatic carbocycles. The van der Waals surface area contributed by atoms with Crippen LogP contribution in [0.25, 0.3) is 10.8 Å². The highest BCUT2D eigenvalue weighted by atomic mass is 16.6. The summed E-state index contributed by atoms with van der Waals surface area (Å²) in [6.45, 7) is 1.38. The van der Waals surface area contributed by atoms with Gasteiger partial charge < -0.3 is 0 Å². The van der Waals surface area contributed by atoms with Gasteiger partial charge in [-0.3, -0.25) is 24.8 Å². The van der Waals surface area contributed by atoms with Crippen LogP contribution in [0.4, 0.5) is 17.2 Å². The van der Waals surface area contributed by atoms with E-state index < -0.39 is 4.92 Å². The normalized spacial score (nSPS) is 10.5. The van der Waals surface area contributed by atoms with Gasteiger partial charge in [0.15, 0.2) is 0 Å². The quantitative estimate of drug-likeness (QED) is 0.547. The van der Waals surface area contributed by atoms with E-state index in [0.717, 1.165) is 10.8 Å². The highest BCUT2D eigenvalue weighted by molar-refractivity contribution is 6.00. The maximum Gasteiger partial charge on any atom is 0.274 e. The first-order valence-corrected chi connectivity index (χ1v) is 6.81. The first kappa shape index (κ1) is 14.6. The second kappa shape index (κ2) is 5.80. The third-order valence-corrected chi connectivity index (χ3v) is 3.37. The minimum atomic E-state index is -0.520. The Kier molecular flexibility index (Phi) is 3.68.